The molecule has 4 heteroatoms. The fourth-order valence-electron chi connectivity index (χ4n) is 1.60. The topological polar surface area (TPSA) is 69.6 Å². The zero-order valence-corrected chi connectivity index (χ0v) is 11.1. The number of nitrogens with one attached hydrogen (secondary N) is 1. The predicted octanol–water partition coefficient (Wildman–Crippen LogP) is 1.84. The third-order valence-corrected chi connectivity index (χ3v) is 3.17. The lowest BCUT2D eigenvalue weighted by molar-refractivity contribution is 0.0848. The van der Waals surface area contributed by atoms with E-state index in [9.17, 15) is 15.0 Å². The van der Waals surface area contributed by atoms with E-state index in [2.05, 4.69) is 5.32 Å². The number of hydrogen-bond acceptors (Lipinski definition) is 3. The summed E-state index contributed by atoms with van der Waals surface area (Å²) in [4.78, 5) is 11.9. The summed E-state index contributed by atoms with van der Waals surface area (Å²) < 4.78 is 0. The Morgan fingerprint density at radius 3 is 2.72 bits per heavy atom. The molecule has 2 unspecified atom stereocenters. The van der Waals surface area contributed by atoms with E-state index < -0.39 is 6.10 Å². The lowest BCUT2D eigenvalue weighted by atomic mass is 10.0. The van der Waals surface area contributed by atoms with Gasteiger partial charge in [-0.1, -0.05) is 31.9 Å². The van der Waals surface area contributed by atoms with Crippen molar-refractivity contribution in [2.24, 2.45) is 5.92 Å². The SMILES string of the molecule is CCC(C)C(O)CNC(=O)c1cc(C)ccc1O. The third kappa shape index (κ3) is 3.74. The lowest BCUT2D eigenvalue weighted by Crippen LogP contribution is -2.35. The van der Waals surface area contributed by atoms with Gasteiger partial charge in [0.25, 0.3) is 5.91 Å². The monoisotopic (exact) mass is 251 g/mol. The van der Waals surface area contributed by atoms with Crippen LogP contribution in [0.1, 0.15) is 36.2 Å². The summed E-state index contributed by atoms with van der Waals surface area (Å²) in [5.41, 5.74) is 1.15. The highest BCUT2D eigenvalue weighted by Gasteiger charge is 2.15. The molecule has 0 heterocycles. The number of phenolic OH excluding ortho intramolecular Hbond substituents is 1. The molecule has 0 aliphatic carbocycles. The summed E-state index contributed by atoms with van der Waals surface area (Å²) in [6.45, 7) is 5.97. The highest BCUT2D eigenvalue weighted by molar-refractivity contribution is 5.96. The minimum absolute atomic E-state index is 0.0453. The molecule has 0 saturated carbocycles. The highest BCUT2D eigenvalue weighted by atomic mass is 16.3. The number of aryl methyl sites for hydroxylation is 1. The zero-order valence-electron chi connectivity index (χ0n) is 11.1. The molecule has 18 heavy (non-hydrogen) atoms. The van der Waals surface area contributed by atoms with E-state index in [-0.39, 0.29) is 29.7 Å². The van der Waals surface area contributed by atoms with Gasteiger partial charge in [0.1, 0.15) is 5.75 Å². The van der Waals surface area contributed by atoms with Crippen LogP contribution in [0.4, 0.5) is 0 Å². The quantitative estimate of drug-likeness (QED) is 0.748. The molecule has 1 rings (SSSR count). The van der Waals surface area contributed by atoms with E-state index in [0.717, 1.165) is 12.0 Å². The number of aromatic hydroxyl groups is 1. The van der Waals surface area contributed by atoms with Gasteiger partial charge >= 0.3 is 0 Å². The summed E-state index contributed by atoms with van der Waals surface area (Å²) in [7, 11) is 0. The molecular weight excluding hydrogens is 230 g/mol. The van der Waals surface area contributed by atoms with Crippen molar-refractivity contribution in [3.8, 4) is 5.75 Å². The average Bonchev–Trinajstić information content (AvgIpc) is 2.37. The second kappa shape index (κ2) is 6.40. The molecular formula is C14H21NO3. The molecule has 0 fully saturated rings. The first-order chi connectivity index (χ1) is 8.45. The van der Waals surface area contributed by atoms with Crippen LogP contribution in [0.3, 0.4) is 0 Å². The van der Waals surface area contributed by atoms with Gasteiger partial charge in [0, 0.05) is 6.54 Å². The van der Waals surface area contributed by atoms with Gasteiger partial charge < -0.3 is 15.5 Å². The molecule has 1 aromatic rings. The number of carbonyl (C=O) groups is 1. The number of aliphatic hydroxyl groups excluding tert-OH is 1. The normalized spacial score (nSPS) is 14.0. The van der Waals surface area contributed by atoms with Crippen LogP contribution >= 0.6 is 0 Å². The summed E-state index contributed by atoms with van der Waals surface area (Å²) >= 11 is 0. The van der Waals surface area contributed by atoms with Gasteiger partial charge in [0.15, 0.2) is 0 Å². The Morgan fingerprint density at radius 1 is 1.44 bits per heavy atom. The number of benzene rings is 1. The minimum atomic E-state index is -0.564. The lowest BCUT2D eigenvalue weighted by Gasteiger charge is -2.17. The van der Waals surface area contributed by atoms with Crippen LogP contribution in [0, 0.1) is 12.8 Å². The van der Waals surface area contributed by atoms with Gasteiger partial charge in [-0.3, -0.25) is 4.79 Å². The summed E-state index contributed by atoms with van der Waals surface area (Å²) in [5.74, 6) is -0.272. The summed E-state index contributed by atoms with van der Waals surface area (Å²) in [5, 5.41) is 22.0. The van der Waals surface area contributed by atoms with E-state index in [1.54, 1.807) is 12.1 Å². The van der Waals surface area contributed by atoms with E-state index >= 15 is 0 Å². The first-order valence-electron chi connectivity index (χ1n) is 6.21. The van der Waals surface area contributed by atoms with Crippen molar-refractivity contribution in [2.75, 3.05) is 6.54 Å². The molecule has 1 amide bonds. The van der Waals surface area contributed by atoms with Crippen molar-refractivity contribution in [2.45, 2.75) is 33.3 Å². The van der Waals surface area contributed by atoms with Crippen molar-refractivity contribution >= 4 is 5.91 Å². The smallest absolute Gasteiger partial charge is 0.255 e. The Balaban J connectivity index is 2.63. The Labute approximate surface area is 108 Å². The Kier molecular flexibility index (Phi) is 5.16. The van der Waals surface area contributed by atoms with Crippen LogP contribution in [0.2, 0.25) is 0 Å². The number of amides is 1. The Bertz CT molecular complexity index is 418. The predicted molar refractivity (Wildman–Crippen MR) is 70.6 cm³/mol. The molecule has 0 aliphatic rings. The van der Waals surface area contributed by atoms with Crippen LogP contribution in [-0.4, -0.2) is 28.8 Å². The third-order valence-electron chi connectivity index (χ3n) is 3.17. The van der Waals surface area contributed by atoms with Gasteiger partial charge in [-0.05, 0) is 25.0 Å². The Morgan fingerprint density at radius 2 is 2.11 bits per heavy atom. The number of carbonyl (C=O) groups excluding carboxylic acids is 1. The molecule has 100 valence electrons. The van der Waals surface area contributed by atoms with E-state index in [1.807, 2.05) is 20.8 Å². The molecule has 1 aromatic carbocycles. The zero-order chi connectivity index (χ0) is 13.7. The van der Waals surface area contributed by atoms with Crippen molar-refractivity contribution in [3.63, 3.8) is 0 Å². The maximum absolute atomic E-state index is 11.9. The van der Waals surface area contributed by atoms with Gasteiger partial charge in [0.2, 0.25) is 0 Å². The first-order valence-corrected chi connectivity index (χ1v) is 6.21. The van der Waals surface area contributed by atoms with Gasteiger partial charge in [0.05, 0.1) is 11.7 Å². The maximum Gasteiger partial charge on any atom is 0.255 e. The van der Waals surface area contributed by atoms with Gasteiger partial charge in [-0.25, -0.2) is 0 Å². The molecule has 0 aliphatic heterocycles. The second-order valence-electron chi connectivity index (χ2n) is 4.68. The van der Waals surface area contributed by atoms with Crippen LogP contribution in [0.5, 0.6) is 5.75 Å². The first kappa shape index (κ1) is 14.5. The molecule has 0 radical (unpaired) electrons. The van der Waals surface area contributed by atoms with E-state index in [1.165, 1.54) is 6.07 Å². The van der Waals surface area contributed by atoms with E-state index in [4.69, 9.17) is 0 Å². The van der Waals surface area contributed by atoms with Crippen molar-refractivity contribution in [1.29, 1.82) is 0 Å². The van der Waals surface area contributed by atoms with Crippen LogP contribution < -0.4 is 5.32 Å². The molecule has 2 atom stereocenters. The van der Waals surface area contributed by atoms with Crippen molar-refractivity contribution in [3.05, 3.63) is 29.3 Å². The molecule has 0 saturated heterocycles. The van der Waals surface area contributed by atoms with Crippen molar-refractivity contribution in [1.82, 2.24) is 5.32 Å². The van der Waals surface area contributed by atoms with Crippen molar-refractivity contribution < 1.29 is 15.0 Å². The summed E-state index contributed by atoms with van der Waals surface area (Å²) in [6.07, 6.45) is 0.290. The fraction of sp³-hybridized carbons (Fsp3) is 0.500. The number of rotatable bonds is 5. The van der Waals surface area contributed by atoms with Gasteiger partial charge in [-0.2, -0.15) is 0 Å². The Hall–Kier alpha value is -1.55. The maximum atomic E-state index is 11.9. The molecule has 0 bridgehead atoms. The second-order valence-corrected chi connectivity index (χ2v) is 4.68. The van der Waals surface area contributed by atoms with Crippen LogP contribution in [-0.2, 0) is 0 Å². The molecule has 3 N–H and O–H groups in total. The number of hydrogen-bond donors (Lipinski definition) is 3. The fourth-order valence-corrected chi connectivity index (χ4v) is 1.60. The highest BCUT2D eigenvalue weighted by Crippen LogP contribution is 2.18. The summed E-state index contributed by atoms with van der Waals surface area (Å²) in [6, 6.07) is 4.86. The minimum Gasteiger partial charge on any atom is -0.507 e. The largest absolute Gasteiger partial charge is 0.507 e. The average molecular weight is 251 g/mol. The van der Waals surface area contributed by atoms with Crippen LogP contribution in [0.15, 0.2) is 18.2 Å². The standard InChI is InChI=1S/C14H21NO3/c1-4-10(3)13(17)8-15-14(18)11-7-9(2)5-6-12(11)16/h5-7,10,13,16-17H,4,8H2,1-3H3,(H,15,18). The molecule has 0 spiro atoms. The number of phenols is 1. The molecule has 4 nitrogen and oxygen atoms in total. The van der Waals surface area contributed by atoms with Crippen LogP contribution in [0.25, 0.3) is 0 Å². The molecule has 0 aromatic heterocycles. The van der Waals surface area contributed by atoms with E-state index in [0.29, 0.717) is 0 Å². The number of aliphatic hydroxyl groups is 1. The van der Waals surface area contributed by atoms with Gasteiger partial charge in [-0.15, -0.1) is 0 Å².